The van der Waals surface area contributed by atoms with Crippen molar-refractivity contribution in [3.63, 3.8) is 0 Å². The molecule has 1 N–H and O–H groups in total. The second-order valence-corrected chi connectivity index (χ2v) is 8.55. The quantitative estimate of drug-likeness (QED) is 0.606. The molecule has 0 bridgehead atoms. The number of halogens is 2. The van der Waals surface area contributed by atoms with E-state index in [9.17, 15) is 4.79 Å². The highest BCUT2D eigenvalue weighted by molar-refractivity contribution is 7.13. The predicted molar refractivity (Wildman–Crippen MR) is 125 cm³/mol. The summed E-state index contributed by atoms with van der Waals surface area (Å²) in [6, 6.07) is 14.1. The molecule has 1 amide bonds. The fourth-order valence-electron chi connectivity index (χ4n) is 4.49. The van der Waals surface area contributed by atoms with Gasteiger partial charge in [0.2, 0.25) is 0 Å². The standard InChI is InChI=1S/C22H23N3OS.2ClH/c26-22(25-9-7-15-13-23-14-16(15)8-10-25)18-12-20(21-6-3-11-27-21)24-19-5-2-1-4-17(18)19;;/h1-6,11-12,15-16,23H,7-10,13-14H2;2*1H/t15-,16+;;. The SMILES string of the molecule is Cl.Cl.O=C(c1cc(-c2cccs2)nc2ccccc12)N1CC[C@@H]2CNC[C@@H]2CC1. The Morgan fingerprint density at radius 1 is 1.03 bits per heavy atom. The number of nitrogens with one attached hydrogen (secondary N) is 1. The van der Waals surface area contributed by atoms with E-state index in [1.165, 1.54) is 0 Å². The Balaban J connectivity index is 0.00000120. The third-order valence-corrected chi connectivity index (χ3v) is 6.92. The van der Waals surface area contributed by atoms with E-state index < -0.39 is 0 Å². The zero-order valence-electron chi connectivity index (χ0n) is 16.0. The zero-order chi connectivity index (χ0) is 18.2. The number of hydrogen-bond acceptors (Lipinski definition) is 4. The molecule has 0 radical (unpaired) electrons. The van der Waals surface area contributed by atoms with Crippen LogP contribution in [0.25, 0.3) is 21.5 Å². The molecule has 154 valence electrons. The maximum Gasteiger partial charge on any atom is 0.254 e. The highest BCUT2D eigenvalue weighted by Gasteiger charge is 2.32. The molecule has 2 aliphatic heterocycles. The summed E-state index contributed by atoms with van der Waals surface area (Å²) in [6.07, 6.45) is 2.20. The van der Waals surface area contributed by atoms with Crippen molar-refractivity contribution in [2.24, 2.45) is 11.8 Å². The van der Waals surface area contributed by atoms with Crippen LogP contribution in [0.1, 0.15) is 23.2 Å². The zero-order valence-corrected chi connectivity index (χ0v) is 18.5. The molecule has 4 nitrogen and oxygen atoms in total. The van der Waals surface area contributed by atoms with Gasteiger partial charge in [0, 0.05) is 18.5 Å². The average Bonchev–Trinajstić information content (AvgIpc) is 3.36. The van der Waals surface area contributed by atoms with Crippen LogP contribution in [0, 0.1) is 11.8 Å². The molecule has 2 atom stereocenters. The van der Waals surface area contributed by atoms with Crippen molar-refractivity contribution >= 4 is 53.0 Å². The smallest absolute Gasteiger partial charge is 0.254 e. The van der Waals surface area contributed by atoms with Gasteiger partial charge in [-0.3, -0.25) is 4.79 Å². The monoisotopic (exact) mass is 449 g/mol. The van der Waals surface area contributed by atoms with Crippen LogP contribution in [-0.2, 0) is 0 Å². The maximum atomic E-state index is 13.5. The number of amides is 1. The summed E-state index contributed by atoms with van der Waals surface area (Å²) in [5.74, 6) is 1.59. The van der Waals surface area contributed by atoms with Crippen LogP contribution in [0.3, 0.4) is 0 Å². The molecule has 0 spiro atoms. The van der Waals surface area contributed by atoms with Gasteiger partial charge in [-0.05, 0) is 61.3 Å². The molecule has 0 aliphatic carbocycles. The van der Waals surface area contributed by atoms with Crippen LogP contribution in [0.15, 0.2) is 47.8 Å². The van der Waals surface area contributed by atoms with Crippen LogP contribution >= 0.6 is 36.2 Å². The molecule has 2 aromatic heterocycles. The molecule has 0 unspecified atom stereocenters. The van der Waals surface area contributed by atoms with Crippen molar-refractivity contribution in [1.29, 1.82) is 0 Å². The molecular weight excluding hydrogens is 425 g/mol. The largest absolute Gasteiger partial charge is 0.339 e. The molecule has 2 aliphatic rings. The van der Waals surface area contributed by atoms with Crippen LogP contribution in [0.2, 0.25) is 0 Å². The molecule has 4 heterocycles. The number of carbonyl (C=O) groups excluding carboxylic acids is 1. The lowest BCUT2D eigenvalue weighted by Gasteiger charge is -2.22. The van der Waals surface area contributed by atoms with E-state index in [0.717, 1.165) is 77.9 Å². The van der Waals surface area contributed by atoms with E-state index in [1.807, 2.05) is 36.4 Å². The van der Waals surface area contributed by atoms with Crippen LogP contribution < -0.4 is 5.32 Å². The maximum absolute atomic E-state index is 13.5. The lowest BCUT2D eigenvalue weighted by Crippen LogP contribution is -2.33. The lowest BCUT2D eigenvalue weighted by molar-refractivity contribution is 0.0760. The van der Waals surface area contributed by atoms with Crippen molar-refractivity contribution in [2.75, 3.05) is 26.2 Å². The van der Waals surface area contributed by atoms with E-state index in [1.54, 1.807) is 11.3 Å². The van der Waals surface area contributed by atoms with Gasteiger partial charge in [0.1, 0.15) is 0 Å². The Hall–Kier alpha value is -1.66. The first-order valence-electron chi connectivity index (χ1n) is 9.73. The molecule has 5 rings (SSSR count). The minimum atomic E-state index is 0. The number of likely N-dealkylation sites (tertiary alicyclic amines) is 1. The van der Waals surface area contributed by atoms with E-state index in [4.69, 9.17) is 4.98 Å². The van der Waals surface area contributed by atoms with Gasteiger partial charge in [-0.15, -0.1) is 36.2 Å². The predicted octanol–water partition coefficient (Wildman–Crippen LogP) is 4.88. The van der Waals surface area contributed by atoms with Crippen LogP contribution in [0.4, 0.5) is 0 Å². The summed E-state index contributed by atoms with van der Waals surface area (Å²) in [5, 5.41) is 6.51. The van der Waals surface area contributed by atoms with E-state index in [-0.39, 0.29) is 30.7 Å². The minimum Gasteiger partial charge on any atom is -0.339 e. The van der Waals surface area contributed by atoms with Gasteiger partial charge in [-0.25, -0.2) is 4.98 Å². The third kappa shape index (κ3) is 4.29. The second kappa shape index (κ2) is 9.43. The van der Waals surface area contributed by atoms with E-state index >= 15 is 0 Å². The first-order chi connectivity index (χ1) is 13.3. The fraction of sp³-hybridized carbons (Fsp3) is 0.364. The number of hydrogen-bond donors (Lipinski definition) is 1. The van der Waals surface area contributed by atoms with Crippen molar-refractivity contribution in [3.05, 3.63) is 53.4 Å². The van der Waals surface area contributed by atoms with Gasteiger partial charge in [-0.1, -0.05) is 24.3 Å². The van der Waals surface area contributed by atoms with Gasteiger partial charge in [0.15, 0.2) is 0 Å². The van der Waals surface area contributed by atoms with Gasteiger partial charge < -0.3 is 10.2 Å². The number of carbonyl (C=O) groups is 1. The Kier molecular flexibility index (Phi) is 7.17. The molecular formula is C22H25Cl2N3OS. The van der Waals surface area contributed by atoms with Crippen LogP contribution in [-0.4, -0.2) is 42.0 Å². The summed E-state index contributed by atoms with van der Waals surface area (Å²) in [7, 11) is 0. The summed E-state index contributed by atoms with van der Waals surface area (Å²) in [5.41, 5.74) is 2.57. The number of nitrogens with zero attached hydrogens (tertiary/aromatic N) is 2. The number of benzene rings is 1. The second-order valence-electron chi connectivity index (χ2n) is 7.60. The molecule has 3 aromatic rings. The van der Waals surface area contributed by atoms with Crippen molar-refractivity contribution in [3.8, 4) is 10.6 Å². The Morgan fingerprint density at radius 2 is 1.76 bits per heavy atom. The molecule has 1 aromatic carbocycles. The first kappa shape index (κ1) is 22.0. The lowest BCUT2D eigenvalue weighted by atomic mass is 9.92. The summed E-state index contributed by atoms with van der Waals surface area (Å²) in [6.45, 7) is 3.92. The van der Waals surface area contributed by atoms with E-state index in [0.29, 0.717) is 0 Å². The number of aromatic nitrogens is 1. The number of thiophene rings is 1. The first-order valence-corrected chi connectivity index (χ1v) is 10.6. The molecule has 7 heteroatoms. The Morgan fingerprint density at radius 3 is 2.45 bits per heavy atom. The third-order valence-electron chi connectivity index (χ3n) is 6.03. The highest BCUT2D eigenvalue weighted by atomic mass is 35.5. The van der Waals surface area contributed by atoms with Gasteiger partial charge in [-0.2, -0.15) is 0 Å². The Labute approximate surface area is 187 Å². The number of para-hydroxylation sites is 1. The minimum absolute atomic E-state index is 0. The van der Waals surface area contributed by atoms with E-state index in [2.05, 4.69) is 21.7 Å². The van der Waals surface area contributed by atoms with Gasteiger partial charge >= 0.3 is 0 Å². The molecule has 0 saturated carbocycles. The van der Waals surface area contributed by atoms with Crippen molar-refractivity contribution < 1.29 is 4.79 Å². The summed E-state index contributed by atoms with van der Waals surface area (Å²) < 4.78 is 0. The summed E-state index contributed by atoms with van der Waals surface area (Å²) in [4.78, 5) is 21.5. The number of pyridine rings is 1. The van der Waals surface area contributed by atoms with Gasteiger partial charge in [0.25, 0.3) is 5.91 Å². The molecule has 2 saturated heterocycles. The number of rotatable bonds is 2. The summed E-state index contributed by atoms with van der Waals surface area (Å²) >= 11 is 1.66. The fourth-order valence-corrected chi connectivity index (χ4v) is 5.18. The molecule has 2 fully saturated rings. The van der Waals surface area contributed by atoms with Crippen molar-refractivity contribution in [1.82, 2.24) is 15.2 Å². The van der Waals surface area contributed by atoms with Gasteiger partial charge in [0.05, 0.1) is 21.7 Å². The topological polar surface area (TPSA) is 45.2 Å². The number of fused-ring (bicyclic) bond motifs is 2. The average molecular weight is 450 g/mol. The van der Waals surface area contributed by atoms with Crippen LogP contribution in [0.5, 0.6) is 0 Å². The highest BCUT2D eigenvalue weighted by Crippen LogP contribution is 2.31. The molecule has 29 heavy (non-hydrogen) atoms. The van der Waals surface area contributed by atoms with Crippen molar-refractivity contribution in [2.45, 2.75) is 12.8 Å². The normalized spacial score (nSPS) is 21.0. The Bertz CT molecular complexity index is 965.